The van der Waals surface area contributed by atoms with Gasteiger partial charge in [-0.3, -0.25) is 4.79 Å². The second-order valence-electron chi connectivity index (χ2n) is 5.97. The van der Waals surface area contributed by atoms with Crippen LogP contribution in [0.15, 0.2) is 65.5 Å². The molecule has 0 atom stereocenters. The summed E-state index contributed by atoms with van der Waals surface area (Å²) in [6.45, 7) is 3.97. The van der Waals surface area contributed by atoms with Crippen LogP contribution in [0, 0.1) is 13.8 Å². The van der Waals surface area contributed by atoms with Gasteiger partial charge in [-0.05, 0) is 25.0 Å². The summed E-state index contributed by atoms with van der Waals surface area (Å²) in [5.41, 5.74) is 6.39. The molecule has 4 nitrogen and oxygen atoms in total. The Labute approximate surface area is 139 Å². The van der Waals surface area contributed by atoms with Gasteiger partial charge in [0, 0.05) is 11.6 Å². The average Bonchev–Trinajstić information content (AvgIpc) is 2.93. The van der Waals surface area contributed by atoms with Gasteiger partial charge in [0.25, 0.3) is 5.56 Å². The number of benzene rings is 2. The summed E-state index contributed by atoms with van der Waals surface area (Å²) in [6.07, 6.45) is 0. The molecule has 0 aliphatic heterocycles. The molecule has 118 valence electrons. The fourth-order valence-electron chi connectivity index (χ4n) is 2.99. The molecule has 24 heavy (non-hydrogen) atoms. The van der Waals surface area contributed by atoms with Crippen molar-refractivity contribution in [2.75, 3.05) is 0 Å². The maximum atomic E-state index is 12.5. The van der Waals surface area contributed by atoms with E-state index in [9.17, 15) is 4.79 Å². The molecule has 0 bridgehead atoms. The van der Waals surface area contributed by atoms with Crippen LogP contribution in [0.4, 0.5) is 0 Å². The van der Waals surface area contributed by atoms with E-state index in [2.05, 4.69) is 10.1 Å². The molecule has 0 radical (unpaired) electrons. The molecule has 0 aliphatic rings. The van der Waals surface area contributed by atoms with Crippen molar-refractivity contribution >= 4 is 5.65 Å². The van der Waals surface area contributed by atoms with Crippen molar-refractivity contribution in [1.82, 2.24) is 14.6 Å². The smallest absolute Gasteiger partial charge is 0.274 e. The normalized spacial score (nSPS) is 11.1. The molecule has 4 aromatic rings. The molecule has 0 unspecified atom stereocenters. The van der Waals surface area contributed by atoms with E-state index in [1.54, 1.807) is 6.07 Å². The van der Waals surface area contributed by atoms with Gasteiger partial charge in [-0.1, -0.05) is 60.2 Å². The second-order valence-corrected chi connectivity index (χ2v) is 5.97. The van der Waals surface area contributed by atoms with Gasteiger partial charge in [0.15, 0.2) is 0 Å². The number of H-pyrrole nitrogens is 1. The zero-order valence-corrected chi connectivity index (χ0v) is 13.6. The summed E-state index contributed by atoms with van der Waals surface area (Å²) in [7, 11) is 0. The van der Waals surface area contributed by atoms with Crippen LogP contribution in [0.25, 0.3) is 28.0 Å². The number of fused-ring (bicyclic) bond motifs is 1. The predicted octanol–water partition coefficient (Wildman–Crippen LogP) is 3.97. The maximum absolute atomic E-state index is 12.5. The van der Waals surface area contributed by atoms with Crippen LogP contribution >= 0.6 is 0 Å². The number of hydrogen-bond donors (Lipinski definition) is 1. The highest BCUT2D eigenvalue weighted by molar-refractivity contribution is 5.81. The van der Waals surface area contributed by atoms with Crippen LogP contribution in [0.2, 0.25) is 0 Å². The third kappa shape index (κ3) is 2.33. The number of aryl methyl sites for hydroxylation is 2. The first-order valence-electron chi connectivity index (χ1n) is 7.88. The van der Waals surface area contributed by atoms with E-state index in [1.165, 1.54) is 10.1 Å². The van der Waals surface area contributed by atoms with Crippen LogP contribution in [0.1, 0.15) is 11.3 Å². The third-order valence-corrected chi connectivity index (χ3v) is 4.22. The minimum atomic E-state index is -0.135. The van der Waals surface area contributed by atoms with E-state index in [1.807, 2.05) is 68.4 Å². The Morgan fingerprint density at radius 3 is 2.33 bits per heavy atom. The molecule has 0 saturated heterocycles. The highest BCUT2D eigenvalue weighted by atomic mass is 16.1. The number of aromatic nitrogens is 3. The largest absolute Gasteiger partial charge is 0.339 e. The fraction of sp³-hybridized carbons (Fsp3) is 0.100. The van der Waals surface area contributed by atoms with E-state index in [-0.39, 0.29) is 5.56 Å². The lowest BCUT2D eigenvalue weighted by Gasteiger charge is -2.05. The van der Waals surface area contributed by atoms with Crippen molar-refractivity contribution in [1.29, 1.82) is 0 Å². The number of hydrogen-bond acceptors (Lipinski definition) is 2. The molecule has 4 rings (SSSR count). The van der Waals surface area contributed by atoms with Crippen LogP contribution < -0.4 is 5.56 Å². The maximum Gasteiger partial charge on any atom is 0.274 e. The van der Waals surface area contributed by atoms with E-state index in [0.717, 1.165) is 33.7 Å². The lowest BCUT2D eigenvalue weighted by molar-refractivity contribution is 0.882. The van der Waals surface area contributed by atoms with E-state index in [4.69, 9.17) is 0 Å². The van der Waals surface area contributed by atoms with E-state index in [0.29, 0.717) is 0 Å². The third-order valence-electron chi connectivity index (χ3n) is 4.22. The highest BCUT2D eigenvalue weighted by Crippen LogP contribution is 2.27. The van der Waals surface area contributed by atoms with Gasteiger partial charge < -0.3 is 4.98 Å². The Bertz CT molecular complexity index is 1070. The first-order chi connectivity index (χ1) is 11.6. The van der Waals surface area contributed by atoms with Crippen LogP contribution in [-0.4, -0.2) is 14.6 Å². The summed E-state index contributed by atoms with van der Waals surface area (Å²) in [6, 6.07) is 19.7. The number of rotatable bonds is 2. The molecule has 0 saturated carbocycles. The Morgan fingerprint density at radius 1 is 0.917 bits per heavy atom. The summed E-state index contributed by atoms with van der Waals surface area (Å²) in [4.78, 5) is 15.9. The molecular weight excluding hydrogens is 298 g/mol. The Balaban J connectivity index is 2.00. The molecule has 2 aromatic carbocycles. The standard InChI is InChI=1S/C20H17N3O/c1-13-8-10-15(11-9-13)17-12-18(24)23-20(21-17)19(14(2)22-23)16-6-4-3-5-7-16/h3-12,21H,1-2H3. The minimum Gasteiger partial charge on any atom is -0.339 e. The van der Waals surface area contributed by atoms with Crippen molar-refractivity contribution in [2.24, 2.45) is 0 Å². The second kappa shape index (κ2) is 5.49. The van der Waals surface area contributed by atoms with Crippen molar-refractivity contribution < 1.29 is 0 Å². The Morgan fingerprint density at radius 2 is 1.62 bits per heavy atom. The van der Waals surface area contributed by atoms with Crippen molar-refractivity contribution in [2.45, 2.75) is 13.8 Å². The molecule has 4 heteroatoms. The molecule has 0 aliphatic carbocycles. The van der Waals surface area contributed by atoms with Crippen molar-refractivity contribution in [3.05, 3.63) is 82.3 Å². The number of aromatic amines is 1. The summed E-state index contributed by atoms with van der Waals surface area (Å²) in [5.74, 6) is 0. The molecule has 0 fully saturated rings. The molecular formula is C20H17N3O. The van der Waals surface area contributed by atoms with Crippen molar-refractivity contribution in [3.8, 4) is 22.4 Å². The zero-order chi connectivity index (χ0) is 16.7. The highest BCUT2D eigenvalue weighted by Gasteiger charge is 2.15. The minimum absolute atomic E-state index is 0.135. The summed E-state index contributed by atoms with van der Waals surface area (Å²) < 4.78 is 1.44. The predicted molar refractivity (Wildman–Crippen MR) is 96.2 cm³/mol. The van der Waals surface area contributed by atoms with Gasteiger partial charge in [-0.2, -0.15) is 9.61 Å². The van der Waals surface area contributed by atoms with Crippen molar-refractivity contribution in [3.63, 3.8) is 0 Å². The Hall–Kier alpha value is -3.14. The quantitative estimate of drug-likeness (QED) is 0.608. The lowest BCUT2D eigenvalue weighted by Crippen LogP contribution is -2.14. The zero-order valence-electron chi connectivity index (χ0n) is 13.6. The van der Waals surface area contributed by atoms with E-state index < -0.39 is 0 Å². The first-order valence-corrected chi connectivity index (χ1v) is 7.88. The Kier molecular flexibility index (Phi) is 3.31. The van der Waals surface area contributed by atoms with Gasteiger partial charge >= 0.3 is 0 Å². The summed E-state index contributed by atoms with van der Waals surface area (Å²) >= 11 is 0. The van der Waals surface area contributed by atoms with Gasteiger partial charge in [0.2, 0.25) is 0 Å². The molecule has 2 aromatic heterocycles. The molecule has 2 heterocycles. The lowest BCUT2D eigenvalue weighted by atomic mass is 10.1. The fourth-order valence-corrected chi connectivity index (χ4v) is 2.99. The average molecular weight is 315 g/mol. The van der Waals surface area contributed by atoms with Gasteiger partial charge in [-0.25, -0.2) is 0 Å². The van der Waals surface area contributed by atoms with Gasteiger partial charge in [-0.15, -0.1) is 0 Å². The first kappa shape index (κ1) is 14.5. The molecule has 0 spiro atoms. The van der Waals surface area contributed by atoms with Gasteiger partial charge in [0.1, 0.15) is 5.65 Å². The molecule has 0 amide bonds. The monoisotopic (exact) mass is 315 g/mol. The van der Waals surface area contributed by atoms with E-state index >= 15 is 0 Å². The number of nitrogens with zero attached hydrogens (tertiary/aromatic N) is 2. The van der Waals surface area contributed by atoms with Crippen LogP contribution in [0.3, 0.4) is 0 Å². The van der Waals surface area contributed by atoms with Crippen LogP contribution in [0.5, 0.6) is 0 Å². The van der Waals surface area contributed by atoms with Crippen LogP contribution in [-0.2, 0) is 0 Å². The SMILES string of the molecule is Cc1ccc(-c2cc(=O)n3nc(C)c(-c4ccccc4)c3[nH]2)cc1. The topological polar surface area (TPSA) is 50.2 Å². The summed E-state index contributed by atoms with van der Waals surface area (Å²) in [5, 5.41) is 4.41. The number of nitrogens with one attached hydrogen (secondary N) is 1. The van der Waals surface area contributed by atoms with Gasteiger partial charge in [0.05, 0.1) is 11.4 Å². The molecule has 1 N–H and O–H groups in total.